The second-order valence-electron chi connectivity index (χ2n) is 4.98. The molecule has 0 heterocycles. The zero-order valence-corrected chi connectivity index (χ0v) is 11.5. The molecule has 22 heavy (non-hydrogen) atoms. The van der Waals surface area contributed by atoms with Crippen molar-refractivity contribution in [1.82, 2.24) is 0 Å². The summed E-state index contributed by atoms with van der Waals surface area (Å²) in [6, 6.07) is 9.83. The van der Waals surface area contributed by atoms with E-state index < -0.39 is 28.9 Å². The smallest absolute Gasteiger partial charge is 0.169 e. The normalized spacial score (nSPS) is 13.2. The van der Waals surface area contributed by atoms with Gasteiger partial charge < -0.3 is 0 Å². The van der Waals surface area contributed by atoms with Gasteiger partial charge in [-0.1, -0.05) is 60.2 Å². The third-order valence-corrected chi connectivity index (χ3v) is 3.51. The van der Waals surface area contributed by atoms with Crippen LogP contribution in [0.25, 0.3) is 0 Å². The predicted octanol–water partition coefficient (Wildman–Crippen LogP) is 5.41. The lowest BCUT2D eigenvalue weighted by molar-refractivity contribution is -0.288. The average Bonchev–Trinajstić information content (AvgIpc) is 2.37. The highest BCUT2D eigenvalue weighted by Gasteiger charge is 2.72. The average molecular weight is 318 g/mol. The summed E-state index contributed by atoms with van der Waals surface area (Å²) < 4.78 is 81.9. The Morgan fingerprint density at radius 2 is 1.14 bits per heavy atom. The molecule has 0 saturated carbocycles. The Bertz CT molecular complexity index is 626. The van der Waals surface area contributed by atoms with E-state index in [0.717, 1.165) is 36.4 Å². The number of benzene rings is 2. The highest BCUT2D eigenvalue weighted by atomic mass is 19.4. The number of alkyl halides is 6. The Balaban J connectivity index is 2.90. The molecule has 6 heteroatoms. The number of aryl methyl sites for hydroxylation is 1. The lowest BCUT2D eigenvalue weighted by Crippen LogP contribution is -2.54. The minimum absolute atomic E-state index is 0.325. The van der Waals surface area contributed by atoms with E-state index in [1.54, 1.807) is 0 Å². The van der Waals surface area contributed by atoms with Gasteiger partial charge in [-0.05, 0) is 18.1 Å². The maximum atomic E-state index is 13.7. The van der Waals surface area contributed by atoms with Crippen LogP contribution in [0.1, 0.15) is 16.7 Å². The van der Waals surface area contributed by atoms with Crippen LogP contribution in [0, 0.1) is 6.92 Å². The second-order valence-corrected chi connectivity index (χ2v) is 4.98. The molecular formula is C16H12F6. The summed E-state index contributed by atoms with van der Waals surface area (Å²) in [5.41, 5.74) is -5.40. The zero-order chi connectivity index (χ0) is 16.6. The van der Waals surface area contributed by atoms with Crippen LogP contribution >= 0.6 is 0 Å². The summed E-state index contributed by atoms with van der Waals surface area (Å²) in [6.45, 7) is 1.45. The van der Waals surface area contributed by atoms with Crippen LogP contribution in [0.3, 0.4) is 0 Å². The van der Waals surface area contributed by atoms with Gasteiger partial charge in [0.05, 0.1) is 0 Å². The van der Waals surface area contributed by atoms with E-state index >= 15 is 0 Å². The van der Waals surface area contributed by atoms with Crippen LogP contribution < -0.4 is 0 Å². The first-order valence-corrected chi connectivity index (χ1v) is 6.37. The summed E-state index contributed by atoms with van der Waals surface area (Å²) in [5.74, 6) is 0. The predicted molar refractivity (Wildman–Crippen MR) is 70.5 cm³/mol. The van der Waals surface area contributed by atoms with Crippen LogP contribution in [-0.4, -0.2) is 12.4 Å². The Hall–Kier alpha value is -1.98. The van der Waals surface area contributed by atoms with Gasteiger partial charge in [0.2, 0.25) is 5.41 Å². The standard InChI is InChI=1S/C16H12F6/c1-11-6-5-9-13(10-11)14(15(17,18)19,16(20,21)22)12-7-3-2-4-8-12/h2-10H,1H3. The third-order valence-electron chi connectivity index (χ3n) is 3.51. The number of rotatable bonds is 2. The lowest BCUT2D eigenvalue weighted by Gasteiger charge is -2.38. The van der Waals surface area contributed by atoms with Crippen LogP contribution in [0.15, 0.2) is 54.6 Å². The van der Waals surface area contributed by atoms with Gasteiger partial charge in [-0.15, -0.1) is 0 Å². The van der Waals surface area contributed by atoms with Crippen molar-refractivity contribution in [2.75, 3.05) is 0 Å². The molecule has 0 aliphatic rings. The molecule has 0 amide bonds. The van der Waals surface area contributed by atoms with Crippen molar-refractivity contribution in [2.45, 2.75) is 24.7 Å². The van der Waals surface area contributed by atoms with Crippen molar-refractivity contribution >= 4 is 0 Å². The van der Waals surface area contributed by atoms with Crippen molar-refractivity contribution in [1.29, 1.82) is 0 Å². The summed E-state index contributed by atoms with van der Waals surface area (Å²) in [5, 5.41) is 0. The Morgan fingerprint density at radius 1 is 0.636 bits per heavy atom. The maximum Gasteiger partial charge on any atom is 0.411 e. The topological polar surface area (TPSA) is 0 Å². The Labute approximate surface area is 123 Å². The molecule has 0 atom stereocenters. The molecule has 0 radical (unpaired) electrons. The van der Waals surface area contributed by atoms with Crippen molar-refractivity contribution in [3.8, 4) is 0 Å². The maximum absolute atomic E-state index is 13.7. The van der Waals surface area contributed by atoms with E-state index in [1.165, 1.54) is 25.1 Å². The monoisotopic (exact) mass is 318 g/mol. The zero-order valence-electron chi connectivity index (χ0n) is 11.5. The summed E-state index contributed by atoms with van der Waals surface area (Å²) in [6.07, 6.45) is -11.1. The van der Waals surface area contributed by atoms with Gasteiger partial charge in [0.25, 0.3) is 0 Å². The van der Waals surface area contributed by atoms with Crippen molar-refractivity contribution in [3.63, 3.8) is 0 Å². The second kappa shape index (κ2) is 5.34. The van der Waals surface area contributed by atoms with Gasteiger partial charge in [-0.25, -0.2) is 0 Å². The van der Waals surface area contributed by atoms with E-state index in [4.69, 9.17) is 0 Å². The SMILES string of the molecule is Cc1cccc(C(c2ccccc2)(C(F)(F)F)C(F)(F)F)c1. The Kier molecular flexibility index (Phi) is 3.98. The fraction of sp³-hybridized carbons (Fsp3) is 0.250. The number of hydrogen-bond donors (Lipinski definition) is 0. The van der Waals surface area contributed by atoms with Gasteiger partial charge in [0.15, 0.2) is 0 Å². The van der Waals surface area contributed by atoms with Gasteiger partial charge in [-0.3, -0.25) is 0 Å². The summed E-state index contributed by atoms with van der Waals surface area (Å²) >= 11 is 0. The molecule has 0 fully saturated rings. The molecule has 0 aliphatic heterocycles. The van der Waals surface area contributed by atoms with Crippen LogP contribution in [0.2, 0.25) is 0 Å². The first kappa shape index (κ1) is 16.4. The van der Waals surface area contributed by atoms with Gasteiger partial charge in [0.1, 0.15) is 0 Å². The van der Waals surface area contributed by atoms with Crippen LogP contribution in [0.4, 0.5) is 26.3 Å². The highest BCUT2D eigenvalue weighted by Crippen LogP contribution is 2.56. The molecule has 118 valence electrons. The molecule has 0 unspecified atom stereocenters. The molecule has 2 rings (SSSR count). The van der Waals surface area contributed by atoms with E-state index in [-0.39, 0.29) is 0 Å². The highest BCUT2D eigenvalue weighted by molar-refractivity contribution is 5.45. The van der Waals surface area contributed by atoms with E-state index in [1.807, 2.05) is 0 Å². The van der Waals surface area contributed by atoms with Crippen LogP contribution in [-0.2, 0) is 5.41 Å². The first-order valence-electron chi connectivity index (χ1n) is 6.37. The molecule has 0 spiro atoms. The molecule has 2 aromatic rings. The molecule has 0 aliphatic carbocycles. The third kappa shape index (κ3) is 2.46. The molecule has 2 aromatic carbocycles. The molecule has 0 bridgehead atoms. The fourth-order valence-corrected chi connectivity index (χ4v) is 2.55. The van der Waals surface area contributed by atoms with Gasteiger partial charge in [-0.2, -0.15) is 26.3 Å². The van der Waals surface area contributed by atoms with E-state index in [0.29, 0.717) is 5.56 Å². The molecule has 0 aromatic heterocycles. The van der Waals surface area contributed by atoms with E-state index in [2.05, 4.69) is 0 Å². The minimum atomic E-state index is -5.53. The summed E-state index contributed by atoms with van der Waals surface area (Å²) in [4.78, 5) is 0. The molecule has 0 saturated heterocycles. The molecular weight excluding hydrogens is 306 g/mol. The first-order chi connectivity index (χ1) is 10.1. The summed E-state index contributed by atoms with van der Waals surface area (Å²) in [7, 11) is 0. The van der Waals surface area contributed by atoms with Crippen molar-refractivity contribution in [2.24, 2.45) is 0 Å². The molecule has 0 nitrogen and oxygen atoms in total. The number of hydrogen-bond acceptors (Lipinski definition) is 0. The van der Waals surface area contributed by atoms with Crippen LogP contribution in [0.5, 0.6) is 0 Å². The largest absolute Gasteiger partial charge is 0.411 e. The van der Waals surface area contributed by atoms with Gasteiger partial charge in [0, 0.05) is 0 Å². The van der Waals surface area contributed by atoms with Crippen molar-refractivity contribution < 1.29 is 26.3 Å². The quantitative estimate of drug-likeness (QED) is 0.650. The van der Waals surface area contributed by atoms with Crippen molar-refractivity contribution in [3.05, 3.63) is 71.3 Å². The lowest BCUT2D eigenvalue weighted by atomic mass is 9.72. The number of halogens is 6. The fourth-order valence-electron chi connectivity index (χ4n) is 2.55. The van der Waals surface area contributed by atoms with E-state index in [9.17, 15) is 26.3 Å². The minimum Gasteiger partial charge on any atom is -0.169 e. The Morgan fingerprint density at radius 3 is 1.59 bits per heavy atom. The van der Waals surface area contributed by atoms with Gasteiger partial charge >= 0.3 is 12.4 Å². The molecule has 0 N–H and O–H groups in total.